The molecule has 2 nitrogen and oxygen atoms in total. The van der Waals surface area contributed by atoms with Gasteiger partial charge in [-0.3, -0.25) is 0 Å². The molecule has 62 valence electrons. The first-order valence-corrected chi connectivity index (χ1v) is 3.99. The molecule has 12 heavy (non-hydrogen) atoms. The molecule has 0 N–H and O–H groups in total. The Kier molecular flexibility index (Phi) is 3.20. The van der Waals surface area contributed by atoms with Crippen LogP contribution in [0.1, 0.15) is 13.3 Å². The summed E-state index contributed by atoms with van der Waals surface area (Å²) in [6.07, 6.45) is 8.39. The lowest BCUT2D eigenvalue weighted by molar-refractivity contribution is 0.979. The van der Waals surface area contributed by atoms with Crippen LogP contribution in [0.4, 0.5) is 0 Å². The molecule has 1 rings (SSSR count). The van der Waals surface area contributed by atoms with Crippen molar-refractivity contribution in [3.8, 4) is 0 Å². The topological polar surface area (TPSA) is 25.8 Å². The van der Waals surface area contributed by atoms with Gasteiger partial charge in [-0.25, -0.2) is 0 Å². The first-order valence-electron chi connectivity index (χ1n) is 3.99. The molecule has 1 heterocycles. The summed E-state index contributed by atoms with van der Waals surface area (Å²) in [5.41, 5.74) is 0. The van der Waals surface area contributed by atoms with E-state index >= 15 is 0 Å². The molecule has 0 aliphatic rings. The molecule has 0 atom stereocenters. The maximum absolute atomic E-state index is 3.98. The molecule has 0 bridgehead atoms. The Labute approximate surface area is 72.0 Å². The van der Waals surface area contributed by atoms with Gasteiger partial charge in [-0.2, -0.15) is 10.2 Å². The molecule has 0 saturated heterocycles. The fraction of sp³-hybridized carbons (Fsp3) is 0.200. The zero-order valence-electron chi connectivity index (χ0n) is 7.20. The van der Waals surface area contributed by atoms with Crippen LogP contribution in [-0.2, 0) is 0 Å². The van der Waals surface area contributed by atoms with E-state index in [0.29, 0.717) is 0 Å². The van der Waals surface area contributed by atoms with E-state index in [9.17, 15) is 0 Å². The summed E-state index contributed by atoms with van der Waals surface area (Å²) in [6.45, 7) is 5.72. The molecule has 1 aromatic rings. The van der Waals surface area contributed by atoms with Crippen molar-refractivity contribution in [2.24, 2.45) is 0 Å². The quantitative estimate of drug-likeness (QED) is 0.634. The third kappa shape index (κ3) is 2.02. The van der Waals surface area contributed by atoms with Crippen LogP contribution in [0.2, 0.25) is 0 Å². The number of hydrogen-bond acceptors (Lipinski definition) is 2. The van der Waals surface area contributed by atoms with Crippen LogP contribution in [-0.4, -0.2) is 10.2 Å². The summed E-state index contributed by atoms with van der Waals surface area (Å²) < 4.78 is 0. The summed E-state index contributed by atoms with van der Waals surface area (Å²) in [4.78, 5) is 0. The minimum atomic E-state index is 0.884. The Morgan fingerprint density at radius 3 is 3.08 bits per heavy atom. The van der Waals surface area contributed by atoms with E-state index < -0.39 is 0 Å². The van der Waals surface area contributed by atoms with Crippen LogP contribution in [0.15, 0.2) is 24.9 Å². The third-order valence-corrected chi connectivity index (χ3v) is 1.48. The van der Waals surface area contributed by atoms with Gasteiger partial charge in [-0.1, -0.05) is 25.7 Å². The van der Waals surface area contributed by atoms with Crippen LogP contribution in [0, 0.1) is 0 Å². The second kappa shape index (κ2) is 4.44. The van der Waals surface area contributed by atoms with Gasteiger partial charge < -0.3 is 0 Å². The lowest BCUT2D eigenvalue weighted by Crippen LogP contribution is -2.28. The summed E-state index contributed by atoms with van der Waals surface area (Å²) >= 11 is 0. The van der Waals surface area contributed by atoms with Crippen molar-refractivity contribution >= 4 is 12.2 Å². The van der Waals surface area contributed by atoms with Gasteiger partial charge in [0.25, 0.3) is 0 Å². The monoisotopic (exact) mass is 160 g/mol. The van der Waals surface area contributed by atoms with Crippen molar-refractivity contribution in [1.82, 2.24) is 10.2 Å². The molecule has 0 spiro atoms. The number of hydrogen-bond donors (Lipinski definition) is 0. The molecule has 0 saturated carbocycles. The molecule has 2 heteroatoms. The Balaban J connectivity index is 3.37. The van der Waals surface area contributed by atoms with Gasteiger partial charge >= 0.3 is 0 Å². The second-order valence-corrected chi connectivity index (χ2v) is 2.39. The Bertz CT molecular complexity index is 366. The number of rotatable bonds is 2. The highest BCUT2D eigenvalue weighted by Crippen LogP contribution is 1.73. The Hall–Kier alpha value is -1.44. The van der Waals surface area contributed by atoms with Crippen LogP contribution in [0.5, 0.6) is 0 Å². The molecule has 0 fully saturated rings. The van der Waals surface area contributed by atoms with Gasteiger partial charge in [0.1, 0.15) is 0 Å². The van der Waals surface area contributed by atoms with Crippen LogP contribution in [0.25, 0.3) is 12.2 Å². The summed E-state index contributed by atoms with van der Waals surface area (Å²) in [5, 5.41) is 9.78. The van der Waals surface area contributed by atoms with Crippen molar-refractivity contribution in [2.75, 3.05) is 0 Å². The second-order valence-electron chi connectivity index (χ2n) is 2.39. The van der Waals surface area contributed by atoms with E-state index in [1.165, 1.54) is 0 Å². The lowest BCUT2D eigenvalue weighted by atomic mass is 10.3. The zero-order chi connectivity index (χ0) is 8.81. The standard InChI is InChI=1S/C10H12N2/c1-3-5-9-7-8-11-12-10(9)6-4-2/h4-8H,2-3H2,1H3. The summed E-state index contributed by atoms with van der Waals surface area (Å²) in [5.74, 6) is 0. The largest absolute Gasteiger partial charge is 0.159 e. The first-order chi connectivity index (χ1) is 5.88. The minimum Gasteiger partial charge on any atom is -0.159 e. The molecule has 0 radical (unpaired) electrons. The molecule has 0 amide bonds. The van der Waals surface area contributed by atoms with Crippen LogP contribution < -0.4 is 10.6 Å². The minimum absolute atomic E-state index is 0.884. The average molecular weight is 160 g/mol. The maximum Gasteiger partial charge on any atom is 0.0926 e. The van der Waals surface area contributed by atoms with Gasteiger partial charge in [0.05, 0.1) is 11.5 Å². The molecule has 0 aliphatic carbocycles. The molecule has 0 aliphatic heterocycles. The first kappa shape index (κ1) is 8.65. The van der Waals surface area contributed by atoms with E-state index in [1.807, 2.05) is 12.1 Å². The highest BCUT2D eigenvalue weighted by molar-refractivity contribution is 5.34. The highest BCUT2D eigenvalue weighted by atomic mass is 15.1. The lowest BCUT2D eigenvalue weighted by Gasteiger charge is -1.86. The normalized spacial score (nSPS) is 13.4. The van der Waals surface area contributed by atoms with Crippen molar-refractivity contribution in [3.63, 3.8) is 0 Å². The van der Waals surface area contributed by atoms with Crippen molar-refractivity contribution in [2.45, 2.75) is 13.3 Å². The molecular formula is C10H12N2. The van der Waals surface area contributed by atoms with Gasteiger partial charge in [0, 0.05) is 0 Å². The van der Waals surface area contributed by atoms with Gasteiger partial charge in [-0.15, -0.1) is 0 Å². The molecule has 0 aromatic carbocycles. The Morgan fingerprint density at radius 1 is 1.58 bits per heavy atom. The van der Waals surface area contributed by atoms with Crippen molar-refractivity contribution in [3.05, 3.63) is 35.5 Å². The zero-order valence-corrected chi connectivity index (χ0v) is 7.20. The van der Waals surface area contributed by atoms with Gasteiger partial charge in [0.15, 0.2) is 0 Å². The van der Waals surface area contributed by atoms with E-state index in [4.69, 9.17) is 0 Å². The molecular weight excluding hydrogens is 148 g/mol. The highest BCUT2D eigenvalue weighted by Gasteiger charge is 1.82. The van der Waals surface area contributed by atoms with Crippen LogP contribution >= 0.6 is 0 Å². The van der Waals surface area contributed by atoms with Gasteiger partial charge in [-0.05, 0) is 23.8 Å². The van der Waals surface area contributed by atoms with Crippen LogP contribution in [0.3, 0.4) is 0 Å². The number of allylic oxidation sites excluding steroid dienone is 1. The number of nitrogens with zero attached hydrogens (tertiary/aromatic N) is 2. The fourth-order valence-corrected chi connectivity index (χ4v) is 0.986. The fourth-order valence-electron chi connectivity index (χ4n) is 0.986. The maximum atomic E-state index is 3.98. The van der Waals surface area contributed by atoms with Crippen molar-refractivity contribution < 1.29 is 0 Å². The average Bonchev–Trinajstić information content (AvgIpc) is 2.09. The summed E-state index contributed by atoms with van der Waals surface area (Å²) in [7, 11) is 0. The molecule has 0 unspecified atom stereocenters. The van der Waals surface area contributed by atoms with Gasteiger partial charge in [0.2, 0.25) is 0 Å². The summed E-state index contributed by atoms with van der Waals surface area (Å²) in [6, 6.07) is 1.95. The third-order valence-electron chi connectivity index (χ3n) is 1.48. The van der Waals surface area contributed by atoms with Crippen molar-refractivity contribution in [1.29, 1.82) is 0 Å². The smallest absolute Gasteiger partial charge is 0.0926 e. The Morgan fingerprint density at radius 2 is 2.42 bits per heavy atom. The van der Waals surface area contributed by atoms with E-state index in [-0.39, 0.29) is 0 Å². The SMILES string of the molecule is C=CC=c1nnccc1=CCC. The van der Waals surface area contributed by atoms with E-state index in [0.717, 1.165) is 17.0 Å². The predicted molar refractivity (Wildman–Crippen MR) is 50.7 cm³/mol. The van der Waals surface area contributed by atoms with E-state index in [1.54, 1.807) is 12.3 Å². The predicted octanol–water partition coefficient (Wildman–Crippen LogP) is 0.634. The molecule has 1 aromatic heterocycles. The van der Waals surface area contributed by atoms with E-state index in [2.05, 4.69) is 29.8 Å². The number of aromatic nitrogens is 2.